The van der Waals surface area contributed by atoms with Crippen LogP contribution in [0, 0.1) is 0 Å². The summed E-state index contributed by atoms with van der Waals surface area (Å²) in [6, 6.07) is 8.05. The highest BCUT2D eigenvalue weighted by Crippen LogP contribution is 2.43. The van der Waals surface area contributed by atoms with Crippen LogP contribution in [0.2, 0.25) is 0 Å². The molecule has 29 heavy (non-hydrogen) atoms. The van der Waals surface area contributed by atoms with Crippen molar-refractivity contribution in [2.75, 3.05) is 38.2 Å². The Morgan fingerprint density at radius 3 is 2.79 bits per heavy atom. The number of alkyl halides is 1. The van der Waals surface area contributed by atoms with Crippen LogP contribution in [0.4, 0.5) is 0 Å². The number of nitrogens with zero attached hydrogens (tertiary/aromatic N) is 1. The standard InChI is InChI=1S/C23H28BrNO4/c1-23(2)8-7-17-19(22(26)25-10-13-27-14-11-25)15-18-16(21(17)29-23)5-3-6-20(18)28-12-4-9-24/h3,5-6,15H,4,7-14H2,1-2H3. The summed E-state index contributed by atoms with van der Waals surface area (Å²) < 4.78 is 17.9. The first-order chi connectivity index (χ1) is 14.0. The Morgan fingerprint density at radius 2 is 2.03 bits per heavy atom. The monoisotopic (exact) mass is 461 g/mol. The second-order valence-electron chi connectivity index (χ2n) is 8.24. The molecule has 0 aromatic heterocycles. The zero-order valence-corrected chi connectivity index (χ0v) is 18.7. The number of rotatable bonds is 5. The third-order valence-electron chi connectivity index (χ3n) is 5.62. The molecule has 2 aromatic carbocycles. The van der Waals surface area contributed by atoms with Gasteiger partial charge in [0.15, 0.2) is 0 Å². The zero-order chi connectivity index (χ0) is 20.4. The minimum atomic E-state index is -0.257. The van der Waals surface area contributed by atoms with E-state index in [0.29, 0.717) is 32.9 Å². The summed E-state index contributed by atoms with van der Waals surface area (Å²) in [6.07, 6.45) is 2.64. The number of fused-ring (bicyclic) bond motifs is 3. The van der Waals surface area contributed by atoms with Crippen LogP contribution in [0.5, 0.6) is 11.5 Å². The molecule has 1 saturated heterocycles. The first-order valence-corrected chi connectivity index (χ1v) is 11.5. The van der Waals surface area contributed by atoms with E-state index in [2.05, 4.69) is 35.8 Å². The second kappa shape index (κ2) is 8.52. The minimum absolute atomic E-state index is 0.0602. The first kappa shape index (κ1) is 20.5. The molecule has 5 nitrogen and oxygen atoms in total. The predicted octanol–water partition coefficient (Wildman–Crippen LogP) is 4.58. The van der Waals surface area contributed by atoms with Gasteiger partial charge in [-0.15, -0.1) is 0 Å². The number of morpholine rings is 1. The van der Waals surface area contributed by atoms with Gasteiger partial charge in [-0.1, -0.05) is 28.1 Å². The molecule has 0 aliphatic carbocycles. The number of halogens is 1. The second-order valence-corrected chi connectivity index (χ2v) is 9.03. The average Bonchev–Trinajstić information content (AvgIpc) is 2.73. The van der Waals surface area contributed by atoms with E-state index in [4.69, 9.17) is 14.2 Å². The molecule has 2 aliphatic rings. The van der Waals surface area contributed by atoms with Crippen LogP contribution in [0.1, 0.15) is 42.6 Å². The molecule has 0 saturated carbocycles. The van der Waals surface area contributed by atoms with Crippen LogP contribution in [0.3, 0.4) is 0 Å². The fraction of sp³-hybridized carbons (Fsp3) is 0.522. The largest absolute Gasteiger partial charge is 0.493 e. The number of hydrogen-bond donors (Lipinski definition) is 0. The van der Waals surface area contributed by atoms with E-state index in [1.807, 2.05) is 23.1 Å². The topological polar surface area (TPSA) is 48.0 Å². The third-order valence-corrected chi connectivity index (χ3v) is 6.18. The lowest BCUT2D eigenvalue weighted by atomic mass is 9.88. The van der Waals surface area contributed by atoms with Crippen LogP contribution in [-0.4, -0.2) is 54.6 Å². The SMILES string of the molecule is CC1(C)CCc2c(C(=O)N3CCOCC3)cc3c(OCCCBr)cccc3c2O1. The van der Waals surface area contributed by atoms with Crippen LogP contribution in [0.15, 0.2) is 24.3 Å². The Labute approximate surface area is 180 Å². The molecule has 0 radical (unpaired) electrons. The highest BCUT2D eigenvalue weighted by Gasteiger charge is 2.33. The lowest BCUT2D eigenvalue weighted by Gasteiger charge is -2.35. The third kappa shape index (κ3) is 4.24. The van der Waals surface area contributed by atoms with Crippen LogP contribution in [-0.2, 0) is 11.2 Å². The molecule has 2 heterocycles. The molecule has 0 unspecified atom stereocenters. The number of amides is 1. The normalized spacial score (nSPS) is 18.2. The summed E-state index contributed by atoms with van der Waals surface area (Å²) in [4.78, 5) is 15.3. The van der Waals surface area contributed by atoms with Crippen LogP contribution < -0.4 is 9.47 Å². The summed E-state index contributed by atoms with van der Waals surface area (Å²) in [7, 11) is 0. The van der Waals surface area contributed by atoms with Crippen molar-refractivity contribution in [2.45, 2.75) is 38.7 Å². The Balaban J connectivity index is 1.83. The maximum atomic E-state index is 13.4. The number of ether oxygens (including phenoxy) is 3. The van der Waals surface area contributed by atoms with E-state index < -0.39 is 0 Å². The quantitative estimate of drug-likeness (QED) is 0.482. The van der Waals surface area contributed by atoms with Crippen molar-refractivity contribution in [3.63, 3.8) is 0 Å². The summed E-state index contributed by atoms with van der Waals surface area (Å²) in [5, 5.41) is 2.85. The van der Waals surface area contributed by atoms with Gasteiger partial charge in [0.05, 0.1) is 19.8 Å². The van der Waals surface area contributed by atoms with E-state index in [-0.39, 0.29) is 11.5 Å². The van der Waals surface area contributed by atoms with Gasteiger partial charge >= 0.3 is 0 Å². The summed E-state index contributed by atoms with van der Waals surface area (Å²) in [5.74, 6) is 1.69. The van der Waals surface area contributed by atoms with Crippen molar-refractivity contribution in [3.05, 3.63) is 35.4 Å². The molecular formula is C23H28BrNO4. The fourth-order valence-corrected chi connectivity index (χ4v) is 4.24. The van der Waals surface area contributed by atoms with Gasteiger partial charge < -0.3 is 19.1 Å². The highest BCUT2D eigenvalue weighted by molar-refractivity contribution is 9.09. The molecule has 4 rings (SSSR count). The van der Waals surface area contributed by atoms with Crippen LogP contribution in [0.25, 0.3) is 10.8 Å². The molecule has 0 bridgehead atoms. The van der Waals surface area contributed by atoms with Gasteiger partial charge in [-0.3, -0.25) is 4.79 Å². The first-order valence-electron chi connectivity index (χ1n) is 10.3. The maximum absolute atomic E-state index is 13.4. The Hall–Kier alpha value is -1.79. The molecule has 2 aliphatic heterocycles. The highest BCUT2D eigenvalue weighted by atomic mass is 79.9. The van der Waals surface area contributed by atoms with E-state index in [1.54, 1.807) is 0 Å². The smallest absolute Gasteiger partial charge is 0.254 e. The predicted molar refractivity (Wildman–Crippen MR) is 118 cm³/mol. The van der Waals surface area contributed by atoms with Gasteiger partial charge in [0.2, 0.25) is 0 Å². The number of carbonyl (C=O) groups excluding carboxylic acids is 1. The average molecular weight is 462 g/mol. The van der Waals surface area contributed by atoms with Crippen molar-refractivity contribution >= 4 is 32.6 Å². The van der Waals surface area contributed by atoms with Crippen molar-refractivity contribution in [3.8, 4) is 11.5 Å². The van der Waals surface area contributed by atoms with E-state index >= 15 is 0 Å². The van der Waals surface area contributed by atoms with Gasteiger partial charge in [-0.05, 0) is 45.2 Å². The molecule has 156 valence electrons. The number of hydrogen-bond acceptors (Lipinski definition) is 4. The molecule has 0 N–H and O–H groups in total. The van der Waals surface area contributed by atoms with E-state index in [9.17, 15) is 4.79 Å². The van der Waals surface area contributed by atoms with Crippen molar-refractivity contribution in [1.82, 2.24) is 4.90 Å². The molecule has 0 atom stereocenters. The lowest BCUT2D eigenvalue weighted by molar-refractivity contribution is 0.0299. The zero-order valence-electron chi connectivity index (χ0n) is 17.1. The molecule has 2 aromatic rings. The van der Waals surface area contributed by atoms with Gasteiger partial charge in [-0.2, -0.15) is 0 Å². The van der Waals surface area contributed by atoms with E-state index in [1.165, 1.54) is 0 Å². The summed E-state index contributed by atoms with van der Waals surface area (Å²) in [5.41, 5.74) is 1.50. The summed E-state index contributed by atoms with van der Waals surface area (Å²) >= 11 is 3.45. The summed E-state index contributed by atoms with van der Waals surface area (Å²) in [6.45, 7) is 7.27. The van der Waals surface area contributed by atoms with E-state index in [0.717, 1.165) is 58.0 Å². The van der Waals surface area contributed by atoms with Crippen molar-refractivity contribution < 1.29 is 19.0 Å². The number of carbonyl (C=O) groups is 1. The fourth-order valence-electron chi connectivity index (χ4n) is 4.02. The lowest BCUT2D eigenvalue weighted by Crippen LogP contribution is -2.41. The van der Waals surface area contributed by atoms with Crippen LogP contribution >= 0.6 is 15.9 Å². The maximum Gasteiger partial charge on any atom is 0.254 e. The van der Waals surface area contributed by atoms with Crippen molar-refractivity contribution in [2.24, 2.45) is 0 Å². The molecule has 1 fully saturated rings. The van der Waals surface area contributed by atoms with Gasteiger partial charge in [0.1, 0.15) is 17.1 Å². The van der Waals surface area contributed by atoms with Gasteiger partial charge in [0, 0.05) is 40.3 Å². The Kier molecular flexibility index (Phi) is 6.02. The molecule has 1 amide bonds. The van der Waals surface area contributed by atoms with Crippen molar-refractivity contribution in [1.29, 1.82) is 0 Å². The molecule has 0 spiro atoms. The minimum Gasteiger partial charge on any atom is -0.493 e. The molecular weight excluding hydrogens is 434 g/mol. The van der Waals surface area contributed by atoms with Gasteiger partial charge in [-0.25, -0.2) is 0 Å². The Bertz CT molecular complexity index is 905. The Morgan fingerprint density at radius 1 is 1.24 bits per heavy atom. The van der Waals surface area contributed by atoms with Gasteiger partial charge in [0.25, 0.3) is 5.91 Å². The molecule has 6 heteroatoms. The number of benzene rings is 2.